The smallest absolute Gasteiger partial charge is 0.335 e. The summed E-state index contributed by atoms with van der Waals surface area (Å²) in [5, 5.41) is 17.0. The summed E-state index contributed by atoms with van der Waals surface area (Å²) < 4.78 is 0. The highest BCUT2D eigenvalue weighted by atomic mass is 32.1. The molecule has 7 rings (SSSR count). The molecule has 2 aromatic rings. The molecule has 4 saturated carbocycles. The third-order valence-corrected chi connectivity index (χ3v) is 15.8. The average Bonchev–Trinajstić information content (AvgIpc) is 3.79. The van der Waals surface area contributed by atoms with Gasteiger partial charge in [-0.2, -0.15) is 0 Å². The highest BCUT2D eigenvalue weighted by molar-refractivity contribution is 7.13. The van der Waals surface area contributed by atoms with Gasteiger partial charge in [0.15, 0.2) is 5.13 Å². The van der Waals surface area contributed by atoms with E-state index in [0.717, 1.165) is 29.3 Å². The second kappa shape index (κ2) is 17.0. The Kier molecular flexibility index (Phi) is 14.0. The van der Waals surface area contributed by atoms with E-state index >= 15 is 0 Å². The zero-order valence-corrected chi connectivity index (χ0v) is 35.6. The van der Waals surface area contributed by atoms with E-state index in [1.165, 1.54) is 74.6 Å². The van der Waals surface area contributed by atoms with Crippen molar-refractivity contribution in [2.75, 3.05) is 5.32 Å². The lowest BCUT2D eigenvalue weighted by Gasteiger charge is -2.72. The molecule has 0 aliphatic heterocycles. The Balaban J connectivity index is 0.000000807. The second-order valence-corrected chi connectivity index (χ2v) is 19.4. The van der Waals surface area contributed by atoms with Gasteiger partial charge in [0, 0.05) is 16.3 Å². The Morgan fingerprint density at radius 3 is 2.04 bits per heavy atom. The minimum absolute atomic E-state index is 0.0491. The molecule has 4 fully saturated rings. The first kappa shape index (κ1) is 44.7. The summed E-state index contributed by atoms with van der Waals surface area (Å²) in [5.74, 6) is 2.02. The molecule has 1 aromatic carbocycles. The van der Waals surface area contributed by atoms with Crippen LogP contribution in [0.25, 0.3) is 5.57 Å². The summed E-state index contributed by atoms with van der Waals surface area (Å²) in [6.45, 7) is 25.1. The number of allylic oxidation sites excluding steroid dienone is 3. The number of terminal acetylenes is 3. The molecule has 4 nitrogen and oxygen atoms in total. The third-order valence-electron chi connectivity index (χ3n) is 15.0. The minimum Gasteiger partial charge on any atom is -0.478 e. The molecule has 5 aliphatic carbocycles. The molecule has 292 valence electrons. The van der Waals surface area contributed by atoms with Gasteiger partial charge in [0.05, 0.1) is 11.3 Å². The topological polar surface area (TPSA) is 62.2 Å². The van der Waals surface area contributed by atoms with Crippen molar-refractivity contribution in [1.82, 2.24) is 4.98 Å². The number of carboxylic acid groups (broad SMARTS) is 1. The number of aromatic carboxylic acids is 1. The van der Waals surface area contributed by atoms with E-state index in [1.54, 1.807) is 18.2 Å². The Bertz CT molecular complexity index is 1690. The zero-order chi connectivity index (χ0) is 40.9. The van der Waals surface area contributed by atoms with Gasteiger partial charge in [0.2, 0.25) is 0 Å². The quantitative estimate of drug-likeness (QED) is 0.241. The molecule has 1 heterocycles. The molecule has 5 aliphatic rings. The van der Waals surface area contributed by atoms with Crippen molar-refractivity contribution in [1.29, 1.82) is 0 Å². The Morgan fingerprint density at radius 2 is 1.48 bits per heavy atom. The molecule has 0 saturated heterocycles. The number of thiazole rings is 1. The first-order valence-electron chi connectivity index (χ1n) is 19.8. The van der Waals surface area contributed by atoms with Crippen LogP contribution < -0.4 is 5.32 Å². The number of hydrogen-bond donors (Lipinski definition) is 2. The fraction of sp³-hybridized carbons (Fsp3) is 0.592. The number of carboxylic acids is 1. The second-order valence-electron chi connectivity index (χ2n) is 18.6. The van der Waals surface area contributed by atoms with E-state index in [0.29, 0.717) is 22.3 Å². The summed E-state index contributed by atoms with van der Waals surface area (Å²) >= 11 is 1.82. The number of rotatable bonds is 4. The Labute approximate surface area is 333 Å². The Morgan fingerprint density at radius 1 is 0.870 bits per heavy atom. The Hall–Kier alpha value is -3.72. The van der Waals surface area contributed by atoms with Crippen LogP contribution in [-0.4, -0.2) is 21.6 Å². The van der Waals surface area contributed by atoms with Crippen LogP contribution in [0.2, 0.25) is 0 Å². The van der Waals surface area contributed by atoms with E-state index < -0.39 is 5.97 Å². The van der Waals surface area contributed by atoms with Crippen molar-refractivity contribution >= 4 is 28.0 Å². The van der Waals surface area contributed by atoms with Gasteiger partial charge < -0.3 is 10.4 Å². The molecule has 0 radical (unpaired) electrons. The van der Waals surface area contributed by atoms with Crippen molar-refractivity contribution < 1.29 is 9.90 Å². The first-order valence-corrected chi connectivity index (χ1v) is 20.7. The maximum absolute atomic E-state index is 11.5. The van der Waals surface area contributed by atoms with Gasteiger partial charge in [-0.3, -0.25) is 0 Å². The van der Waals surface area contributed by atoms with Crippen LogP contribution in [0.4, 0.5) is 5.13 Å². The highest BCUT2D eigenvalue weighted by Crippen LogP contribution is 2.76. The number of benzene rings is 1. The number of hydrogen-bond acceptors (Lipinski definition) is 4. The molecular weight excluding hydrogens is 681 g/mol. The number of fused-ring (bicyclic) bond motifs is 7. The van der Waals surface area contributed by atoms with E-state index in [2.05, 4.69) is 117 Å². The summed E-state index contributed by atoms with van der Waals surface area (Å²) in [6, 6.07) is 7.64. The summed E-state index contributed by atoms with van der Waals surface area (Å²) in [6.07, 6.45) is 41.4. The highest BCUT2D eigenvalue weighted by Gasteiger charge is 2.69. The van der Waals surface area contributed by atoms with Crippen LogP contribution in [0.3, 0.4) is 0 Å². The third kappa shape index (κ3) is 7.46. The molecule has 1 aromatic heterocycles. The lowest BCUT2D eigenvalue weighted by atomic mass is 9.33. The van der Waals surface area contributed by atoms with Gasteiger partial charge in [-0.25, -0.2) is 9.78 Å². The van der Waals surface area contributed by atoms with E-state index in [1.807, 2.05) is 30.4 Å². The predicted molar refractivity (Wildman–Crippen MR) is 232 cm³/mol. The normalized spacial score (nSPS) is 34.0. The van der Waals surface area contributed by atoms with Crippen molar-refractivity contribution in [2.24, 2.45) is 45.3 Å². The van der Waals surface area contributed by atoms with Gasteiger partial charge >= 0.3 is 5.97 Å². The molecule has 0 amide bonds. The van der Waals surface area contributed by atoms with Gasteiger partial charge in [-0.05, 0) is 133 Å². The van der Waals surface area contributed by atoms with E-state index in [-0.39, 0.29) is 21.8 Å². The lowest BCUT2D eigenvalue weighted by molar-refractivity contribution is -0.213. The van der Waals surface area contributed by atoms with E-state index in [4.69, 9.17) is 4.98 Å². The van der Waals surface area contributed by atoms with Crippen molar-refractivity contribution in [3.8, 4) is 38.5 Å². The van der Waals surface area contributed by atoms with Gasteiger partial charge in [-0.1, -0.05) is 86.1 Å². The van der Waals surface area contributed by atoms with Crippen LogP contribution in [0.1, 0.15) is 148 Å². The van der Waals surface area contributed by atoms with Crippen LogP contribution >= 0.6 is 11.3 Å². The fourth-order valence-electron chi connectivity index (χ4n) is 12.6. The van der Waals surface area contributed by atoms with Crippen molar-refractivity contribution in [3.05, 3.63) is 65.2 Å². The number of nitrogens with one attached hydrogen (secondary N) is 1. The molecule has 8 atom stereocenters. The van der Waals surface area contributed by atoms with Crippen molar-refractivity contribution in [3.63, 3.8) is 0 Å². The summed E-state index contributed by atoms with van der Waals surface area (Å²) in [5.41, 5.74) is 5.54. The van der Waals surface area contributed by atoms with Crippen LogP contribution in [0, 0.1) is 83.9 Å². The lowest BCUT2D eigenvalue weighted by Crippen LogP contribution is -2.66. The molecule has 0 bridgehead atoms. The first-order chi connectivity index (χ1) is 25.5. The number of anilines is 1. The number of carbonyl (C=O) groups is 1. The van der Waals surface area contributed by atoms with Crippen LogP contribution in [-0.2, 0) is 5.41 Å². The van der Waals surface area contributed by atoms with Crippen molar-refractivity contribution in [2.45, 2.75) is 137 Å². The summed E-state index contributed by atoms with van der Waals surface area (Å²) in [4.78, 5) is 16.6. The molecule has 2 N–H and O–H groups in total. The van der Waals surface area contributed by atoms with Gasteiger partial charge in [-0.15, -0.1) is 56.5 Å². The standard InChI is InChI=1S/C40H56N2O2S.C3H6.3C2H2/c1-35(2,3)32-24-45-34(41-32)42-40-19-9-10-29(40)28-15-16-31-37(6)20-17-27(25-11-13-26(14-12-25)33(43)44)36(4,5)30(37)18-21-39(31,8)38(28,7)22-23-40;1-3-2;3*1-2/h11-14,17,24,28-31H,9-10,15-16,18-23H2,1-8H3,(H,41,42)(H,43,44);3H,1H2,2H3;3*1-2H/t28-,29?,30?,31?,37+,38-,39-,40+;;;;/m1..../s1. The number of aromatic nitrogens is 1. The van der Waals surface area contributed by atoms with Crippen LogP contribution in [0.5, 0.6) is 0 Å². The predicted octanol–water partition coefficient (Wildman–Crippen LogP) is 12.8. The molecule has 54 heavy (non-hydrogen) atoms. The zero-order valence-electron chi connectivity index (χ0n) is 34.8. The largest absolute Gasteiger partial charge is 0.478 e. The van der Waals surface area contributed by atoms with Gasteiger partial charge in [0.25, 0.3) is 0 Å². The molecule has 0 spiro atoms. The summed E-state index contributed by atoms with van der Waals surface area (Å²) in [7, 11) is 0. The average molecular weight is 749 g/mol. The minimum atomic E-state index is -0.854. The molecule has 5 heteroatoms. The fourth-order valence-corrected chi connectivity index (χ4v) is 13.6. The van der Waals surface area contributed by atoms with E-state index in [9.17, 15) is 9.90 Å². The monoisotopic (exact) mass is 749 g/mol. The maximum atomic E-state index is 11.5. The molecule has 3 unspecified atom stereocenters. The SMILES string of the molecule is C#C.C#C.C#C.C=CC.CC(C)(C)c1csc(N[C@]23CCCC2[C@H]2CCC4[C@@]5(C)CC=C(c6ccc(C(=O)O)cc6)C(C)(C)C5CC[C@@]4(C)[C@]2(C)CC3)n1. The maximum Gasteiger partial charge on any atom is 0.335 e. The molecular formula is C49H68N2O2S. The number of nitrogens with zero attached hydrogens (tertiary/aromatic N) is 1. The van der Waals surface area contributed by atoms with Crippen LogP contribution in [0.15, 0.2) is 48.4 Å². The van der Waals surface area contributed by atoms with Gasteiger partial charge in [0.1, 0.15) is 0 Å².